The number of methoxy groups -OCH3 is 1. The lowest BCUT2D eigenvalue weighted by molar-refractivity contribution is 0.414. The lowest BCUT2D eigenvalue weighted by atomic mass is 9.96. The van der Waals surface area contributed by atoms with Gasteiger partial charge in [0.1, 0.15) is 5.75 Å². The molecule has 2 unspecified atom stereocenters. The summed E-state index contributed by atoms with van der Waals surface area (Å²) in [6.07, 6.45) is 2.53. The third-order valence-corrected chi connectivity index (χ3v) is 4.08. The lowest BCUT2D eigenvalue weighted by Gasteiger charge is -2.13. The first-order valence-corrected chi connectivity index (χ1v) is 6.90. The van der Waals surface area contributed by atoms with Gasteiger partial charge in [-0.05, 0) is 48.4 Å². The Bertz CT molecular complexity index is 385. The maximum Gasteiger partial charge on any atom is 0.118 e. The molecule has 0 aliphatic heterocycles. The van der Waals surface area contributed by atoms with Crippen molar-refractivity contribution in [2.24, 2.45) is 11.3 Å². The zero-order valence-corrected chi connectivity index (χ0v) is 12.0. The van der Waals surface area contributed by atoms with Crippen LogP contribution in [0.5, 0.6) is 5.75 Å². The molecule has 0 spiro atoms. The number of nitrogens with one attached hydrogen (secondary N) is 1. The van der Waals surface area contributed by atoms with E-state index in [4.69, 9.17) is 4.74 Å². The van der Waals surface area contributed by atoms with Gasteiger partial charge in [0.05, 0.1) is 7.11 Å². The van der Waals surface area contributed by atoms with Gasteiger partial charge in [-0.2, -0.15) is 0 Å². The average molecular weight is 247 g/mol. The van der Waals surface area contributed by atoms with E-state index in [-0.39, 0.29) is 0 Å². The van der Waals surface area contributed by atoms with E-state index in [9.17, 15) is 0 Å². The third-order valence-electron chi connectivity index (χ3n) is 4.08. The molecule has 2 nitrogen and oxygen atoms in total. The fourth-order valence-electron chi connectivity index (χ4n) is 2.63. The predicted molar refractivity (Wildman–Crippen MR) is 76.1 cm³/mol. The molecule has 0 bridgehead atoms. The monoisotopic (exact) mass is 247 g/mol. The van der Waals surface area contributed by atoms with Crippen LogP contribution >= 0.6 is 0 Å². The lowest BCUT2D eigenvalue weighted by Crippen LogP contribution is -2.26. The van der Waals surface area contributed by atoms with Crippen molar-refractivity contribution in [1.29, 1.82) is 0 Å². The first-order valence-electron chi connectivity index (χ1n) is 6.90. The minimum Gasteiger partial charge on any atom is -0.497 e. The van der Waals surface area contributed by atoms with E-state index in [1.54, 1.807) is 7.11 Å². The Morgan fingerprint density at radius 3 is 2.56 bits per heavy atom. The van der Waals surface area contributed by atoms with Crippen LogP contribution in [0.4, 0.5) is 0 Å². The predicted octanol–water partition coefficient (Wildman–Crippen LogP) is 3.26. The minimum absolute atomic E-state index is 0.497. The molecule has 1 aromatic carbocycles. The van der Waals surface area contributed by atoms with Crippen LogP contribution in [0, 0.1) is 11.3 Å². The van der Waals surface area contributed by atoms with Crippen LogP contribution in [0.15, 0.2) is 24.3 Å². The first-order chi connectivity index (χ1) is 8.53. The highest BCUT2D eigenvalue weighted by molar-refractivity contribution is 5.28. The molecule has 0 amide bonds. The fraction of sp³-hybridized carbons (Fsp3) is 0.625. The summed E-state index contributed by atoms with van der Waals surface area (Å²) in [5.41, 5.74) is 1.92. The SMILES string of the molecule is COc1ccc(CC2(C)CC2CNC(C)C)cc1. The van der Waals surface area contributed by atoms with Crippen molar-refractivity contribution in [3.05, 3.63) is 29.8 Å². The van der Waals surface area contributed by atoms with E-state index in [1.807, 2.05) is 0 Å². The van der Waals surface area contributed by atoms with Crippen molar-refractivity contribution in [2.45, 2.75) is 39.7 Å². The molecule has 1 aromatic rings. The van der Waals surface area contributed by atoms with E-state index in [0.29, 0.717) is 11.5 Å². The molecular weight excluding hydrogens is 222 g/mol. The van der Waals surface area contributed by atoms with Gasteiger partial charge in [-0.1, -0.05) is 32.9 Å². The molecule has 2 atom stereocenters. The molecule has 2 heteroatoms. The highest BCUT2D eigenvalue weighted by Crippen LogP contribution is 2.54. The zero-order valence-electron chi connectivity index (χ0n) is 12.0. The standard InChI is InChI=1S/C16H25NO/c1-12(2)17-11-14-10-16(14,3)9-13-5-7-15(18-4)8-6-13/h5-8,12,14,17H,9-11H2,1-4H3. The summed E-state index contributed by atoms with van der Waals surface area (Å²) < 4.78 is 5.19. The van der Waals surface area contributed by atoms with E-state index >= 15 is 0 Å². The Hall–Kier alpha value is -1.02. The summed E-state index contributed by atoms with van der Waals surface area (Å²) in [7, 11) is 1.71. The molecule has 0 saturated heterocycles. The normalized spacial score (nSPS) is 26.4. The summed E-state index contributed by atoms with van der Waals surface area (Å²) in [5.74, 6) is 1.78. The van der Waals surface area contributed by atoms with Crippen molar-refractivity contribution in [3.8, 4) is 5.75 Å². The van der Waals surface area contributed by atoms with Gasteiger partial charge in [0, 0.05) is 6.04 Å². The second-order valence-corrected chi connectivity index (χ2v) is 6.14. The van der Waals surface area contributed by atoms with E-state index in [0.717, 1.165) is 18.2 Å². The van der Waals surface area contributed by atoms with Crippen LogP contribution in [-0.2, 0) is 6.42 Å². The molecule has 0 heterocycles. The zero-order chi connectivity index (χ0) is 13.2. The Labute approximate surface area is 111 Å². The fourth-order valence-corrected chi connectivity index (χ4v) is 2.63. The Morgan fingerprint density at radius 2 is 2.00 bits per heavy atom. The van der Waals surface area contributed by atoms with Gasteiger partial charge in [-0.15, -0.1) is 0 Å². The van der Waals surface area contributed by atoms with Gasteiger partial charge in [0.15, 0.2) is 0 Å². The number of hydrogen-bond acceptors (Lipinski definition) is 2. The Balaban J connectivity index is 1.86. The molecule has 1 N–H and O–H groups in total. The molecule has 1 aliphatic carbocycles. The third kappa shape index (κ3) is 3.26. The van der Waals surface area contributed by atoms with Crippen LogP contribution in [0.1, 0.15) is 32.8 Å². The first kappa shape index (κ1) is 13.4. The van der Waals surface area contributed by atoms with Gasteiger partial charge >= 0.3 is 0 Å². The molecule has 0 aromatic heterocycles. The van der Waals surface area contributed by atoms with Crippen molar-refractivity contribution in [2.75, 3.05) is 13.7 Å². The van der Waals surface area contributed by atoms with Crippen LogP contribution in [-0.4, -0.2) is 19.7 Å². The quantitative estimate of drug-likeness (QED) is 0.833. The van der Waals surface area contributed by atoms with Crippen molar-refractivity contribution < 1.29 is 4.74 Å². The summed E-state index contributed by atoms with van der Waals surface area (Å²) in [6, 6.07) is 9.09. The topological polar surface area (TPSA) is 21.3 Å². The van der Waals surface area contributed by atoms with Gasteiger partial charge in [0.2, 0.25) is 0 Å². The second kappa shape index (κ2) is 5.31. The maximum atomic E-state index is 5.19. The number of rotatable bonds is 6. The molecule has 1 saturated carbocycles. The maximum absolute atomic E-state index is 5.19. The smallest absolute Gasteiger partial charge is 0.118 e. The van der Waals surface area contributed by atoms with Gasteiger partial charge in [-0.25, -0.2) is 0 Å². The average Bonchev–Trinajstić information content (AvgIpc) is 2.98. The minimum atomic E-state index is 0.497. The molecule has 1 aliphatic rings. The summed E-state index contributed by atoms with van der Waals surface area (Å²) in [6.45, 7) is 7.99. The molecule has 0 radical (unpaired) electrons. The van der Waals surface area contributed by atoms with E-state index in [2.05, 4.69) is 50.4 Å². The van der Waals surface area contributed by atoms with E-state index in [1.165, 1.54) is 18.4 Å². The Morgan fingerprint density at radius 1 is 1.33 bits per heavy atom. The molecular formula is C16H25NO. The largest absolute Gasteiger partial charge is 0.497 e. The second-order valence-electron chi connectivity index (χ2n) is 6.14. The number of hydrogen-bond donors (Lipinski definition) is 1. The van der Waals surface area contributed by atoms with Crippen LogP contribution < -0.4 is 10.1 Å². The van der Waals surface area contributed by atoms with Crippen LogP contribution in [0.2, 0.25) is 0 Å². The van der Waals surface area contributed by atoms with Crippen molar-refractivity contribution in [3.63, 3.8) is 0 Å². The van der Waals surface area contributed by atoms with Gasteiger partial charge in [0.25, 0.3) is 0 Å². The molecule has 100 valence electrons. The highest BCUT2D eigenvalue weighted by Gasteiger charge is 2.48. The molecule has 1 fully saturated rings. The van der Waals surface area contributed by atoms with Crippen LogP contribution in [0.3, 0.4) is 0 Å². The van der Waals surface area contributed by atoms with Crippen molar-refractivity contribution in [1.82, 2.24) is 5.32 Å². The summed E-state index contributed by atoms with van der Waals surface area (Å²) >= 11 is 0. The van der Waals surface area contributed by atoms with Gasteiger partial charge in [-0.3, -0.25) is 0 Å². The van der Waals surface area contributed by atoms with Gasteiger partial charge < -0.3 is 10.1 Å². The molecule has 2 rings (SSSR count). The number of ether oxygens (including phenoxy) is 1. The summed E-state index contributed by atoms with van der Waals surface area (Å²) in [5, 5.41) is 3.55. The van der Waals surface area contributed by atoms with Crippen LogP contribution in [0.25, 0.3) is 0 Å². The van der Waals surface area contributed by atoms with E-state index < -0.39 is 0 Å². The Kier molecular flexibility index (Phi) is 3.96. The highest BCUT2D eigenvalue weighted by atomic mass is 16.5. The summed E-state index contributed by atoms with van der Waals surface area (Å²) in [4.78, 5) is 0. The molecule has 18 heavy (non-hydrogen) atoms. The van der Waals surface area contributed by atoms with Crippen molar-refractivity contribution >= 4 is 0 Å². The number of benzene rings is 1.